The summed E-state index contributed by atoms with van der Waals surface area (Å²) in [5.74, 6) is 0. The normalized spacial score (nSPS) is 24.3. The number of nitrogens with zero attached hydrogens (tertiary/aromatic N) is 1. The van der Waals surface area contributed by atoms with E-state index in [2.05, 4.69) is 31.0 Å². The Morgan fingerprint density at radius 3 is 2.56 bits per heavy atom. The van der Waals surface area contributed by atoms with Crippen molar-refractivity contribution in [3.8, 4) is 0 Å². The Morgan fingerprint density at radius 1 is 1.22 bits per heavy atom. The molecule has 1 N–H and O–H groups in total. The van der Waals surface area contributed by atoms with Crippen LogP contribution in [-0.4, -0.2) is 63.0 Å². The Morgan fingerprint density at radius 2 is 1.94 bits per heavy atom. The van der Waals surface area contributed by atoms with E-state index in [9.17, 15) is 0 Å². The van der Waals surface area contributed by atoms with Gasteiger partial charge in [-0.2, -0.15) is 0 Å². The van der Waals surface area contributed by atoms with Gasteiger partial charge in [0.1, 0.15) is 0 Å². The number of hydrogen-bond acceptors (Lipinski definition) is 4. The summed E-state index contributed by atoms with van der Waals surface area (Å²) in [4.78, 5) is 2.61. The number of ether oxygens (including phenoxy) is 2. The smallest absolute Gasteiger partial charge is 0.0700 e. The molecule has 0 spiro atoms. The van der Waals surface area contributed by atoms with Gasteiger partial charge in [0.15, 0.2) is 0 Å². The van der Waals surface area contributed by atoms with E-state index in [0.717, 1.165) is 26.2 Å². The van der Waals surface area contributed by atoms with Crippen molar-refractivity contribution in [3.05, 3.63) is 0 Å². The first kappa shape index (κ1) is 15.9. The number of hydrogen-bond donors (Lipinski definition) is 1. The second-order valence-electron chi connectivity index (χ2n) is 5.26. The Labute approximate surface area is 112 Å². The third-order valence-corrected chi connectivity index (χ3v) is 4.20. The lowest BCUT2D eigenvalue weighted by Gasteiger charge is -2.49. The summed E-state index contributed by atoms with van der Waals surface area (Å²) in [5.41, 5.74) is 0.317. The molecule has 0 aromatic heterocycles. The number of piperazine rings is 1. The van der Waals surface area contributed by atoms with Crippen LogP contribution in [0.3, 0.4) is 0 Å². The first-order chi connectivity index (χ1) is 8.68. The largest absolute Gasteiger partial charge is 0.382 e. The van der Waals surface area contributed by atoms with Crippen molar-refractivity contribution >= 4 is 0 Å². The highest BCUT2D eigenvalue weighted by Crippen LogP contribution is 2.26. The first-order valence-electron chi connectivity index (χ1n) is 7.23. The molecule has 108 valence electrons. The average Bonchev–Trinajstić information content (AvgIpc) is 2.39. The van der Waals surface area contributed by atoms with Gasteiger partial charge in [0, 0.05) is 38.3 Å². The SMILES string of the molecule is CCC1(CC)CNC(C)CN1CCOCCOC. The predicted molar refractivity (Wildman–Crippen MR) is 75.0 cm³/mol. The summed E-state index contributed by atoms with van der Waals surface area (Å²) >= 11 is 0. The first-order valence-corrected chi connectivity index (χ1v) is 7.23. The molecule has 1 saturated heterocycles. The minimum absolute atomic E-state index is 0.317. The lowest BCUT2D eigenvalue weighted by molar-refractivity contribution is -0.00121. The number of nitrogens with one attached hydrogen (secondary N) is 1. The summed E-state index contributed by atoms with van der Waals surface area (Å²) in [6.45, 7) is 12.3. The number of methoxy groups -OCH3 is 1. The highest BCUT2D eigenvalue weighted by atomic mass is 16.5. The van der Waals surface area contributed by atoms with Crippen molar-refractivity contribution in [3.63, 3.8) is 0 Å². The van der Waals surface area contributed by atoms with Gasteiger partial charge in [0.2, 0.25) is 0 Å². The van der Waals surface area contributed by atoms with Gasteiger partial charge >= 0.3 is 0 Å². The third-order valence-electron chi connectivity index (χ3n) is 4.20. The molecular weight excluding hydrogens is 228 g/mol. The predicted octanol–water partition coefficient (Wildman–Crippen LogP) is 1.50. The van der Waals surface area contributed by atoms with E-state index in [1.54, 1.807) is 7.11 Å². The average molecular weight is 258 g/mol. The molecule has 0 bridgehead atoms. The standard InChI is InChI=1S/C14H30N2O2/c1-5-14(6-2)12-15-13(3)11-16(14)7-8-18-10-9-17-4/h13,15H,5-12H2,1-4H3. The Kier molecular flexibility index (Phi) is 7.15. The van der Waals surface area contributed by atoms with Crippen molar-refractivity contribution in [2.24, 2.45) is 0 Å². The maximum absolute atomic E-state index is 5.61. The maximum atomic E-state index is 5.61. The highest BCUT2D eigenvalue weighted by molar-refractivity contribution is 4.96. The van der Waals surface area contributed by atoms with Crippen molar-refractivity contribution in [2.45, 2.75) is 45.2 Å². The van der Waals surface area contributed by atoms with Gasteiger partial charge in [-0.15, -0.1) is 0 Å². The molecule has 1 aliphatic rings. The Hall–Kier alpha value is -0.160. The van der Waals surface area contributed by atoms with Gasteiger partial charge in [0.05, 0.1) is 19.8 Å². The minimum Gasteiger partial charge on any atom is -0.382 e. The Bertz CT molecular complexity index is 220. The van der Waals surface area contributed by atoms with Gasteiger partial charge in [-0.05, 0) is 19.8 Å². The van der Waals surface area contributed by atoms with Crippen molar-refractivity contribution in [1.82, 2.24) is 10.2 Å². The molecule has 0 amide bonds. The zero-order chi connectivity index (χ0) is 13.4. The van der Waals surface area contributed by atoms with Gasteiger partial charge in [-0.1, -0.05) is 13.8 Å². The molecule has 0 radical (unpaired) electrons. The van der Waals surface area contributed by atoms with E-state index in [4.69, 9.17) is 9.47 Å². The van der Waals surface area contributed by atoms with Gasteiger partial charge < -0.3 is 14.8 Å². The molecule has 4 nitrogen and oxygen atoms in total. The topological polar surface area (TPSA) is 33.7 Å². The molecule has 1 heterocycles. The molecule has 4 heteroatoms. The molecule has 1 aliphatic heterocycles. The van der Waals surface area contributed by atoms with Gasteiger partial charge in [-0.3, -0.25) is 4.90 Å². The molecule has 1 fully saturated rings. The quantitative estimate of drug-likeness (QED) is 0.669. The molecule has 0 saturated carbocycles. The molecule has 1 rings (SSSR count). The molecule has 0 aliphatic carbocycles. The summed E-state index contributed by atoms with van der Waals surface area (Å²) in [7, 11) is 1.71. The van der Waals surface area contributed by atoms with E-state index in [1.165, 1.54) is 12.8 Å². The monoisotopic (exact) mass is 258 g/mol. The third kappa shape index (κ3) is 4.19. The van der Waals surface area contributed by atoms with Crippen LogP contribution in [0.4, 0.5) is 0 Å². The van der Waals surface area contributed by atoms with Crippen LogP contribution in [0.2, 0.25) is 0 Å². The van der Waals surface area contributed by atoms with Crippen LogP contribution in [0.25, 0.3) is 0 Å². The van der Waals surface area contributed by atoms with E-state index in [0.29, 0.717) is 24.8 Å². The van der Waals surface area contributed by atoms with Crippen LogP contribution in [-0.2, 0) is 9.47 Å². The van der Waals surface area contributed by atoms with Crippen LogP contribution in [0.5, 0.6) is 0 Å². The minimum atomic E-state index is 0.317. The summed E-state index contributed by atoms with van der Waals surface area (Å²) < 4.78 is 10.6. The van der Waals surface area contributed by atoms with E-state index in [-0.39, 0.29) is 0 Å². The number of rotatable bonds is 8. The van der Waals surface area contributed by atoms with Crippen LogP contribution < -0.4 is 5.32 Å². The zero-order valence-corrected chi connectivity index (χ0v) is 12.5. The van der Waals surface area contributed by atoms with E-state index >= 15 is 0 Å². The molecular formula is C14H30N2O2. The van der Waals surface area contributed by atoms with E-state index < -0.39 is 0 Å². The maximum Gasteiger partial charge on any atom is 0.0700 e. The Balaban J connectivity index is 2.41. The summed E-state index contributed by atoms with van der Waals surface area (Å²) in [5, 5.41) is 3.61. The van der Waals surface area contributed by atoms with Crippen LogP contribution >= 0.6 is 0 Å². The summed E-state index contributed by atoms with van der Waals surface area (Å²) in [6, 6.07) is 0.579. The second kappa shape index (κ2) is 8.10. The fourth-order valence-corrected chi connectivity index (χ4v) is 2.76. The molecule has 1 unspecified atom stereocenters. The van der Waals surface area contributed by atoms with Crippen LogP contribution in [0.1, 0.15) is 33.6 Å². The second-order valence-corrected chi connectivity index (χ2v) is 5.26. The molecule has 18 heavy (non-hydrogen) atoms. The van der Waals surface area contributed by atoms with Crippen LogP contribution in [0.15, 0.2) is 0 Å². The van der Waals surface area contributed by atoms with Crippen LogP contribution in [0, 0.1) is 0 Å². The molecule has 1 atom stereocenters. The molecule has 0 aromatic rings. The van der Waals surface area contributed by atoms with E-state index in [1.807, 2.05) is 0 Å². The fraction of sp³-hybridized carbons (Fsp3) is 1.00. The highest BCUT2D eigenvalue weighted by Gasteiger charge is 2.37. The van der Waals surface area contributed by atoms with Crippen molar-refractivity contribution < 1.29 is 9.47 Å². The van der Waals surface area contributed by atoms with Crippen molar-refractivity contribution in [1.29, 1.82) is 0 Å². The zero-order valence-electron chi connectivity index (χ0n) is 12.5. The lowest BCUT2D eigenvalue weighted by Crippen LogP contribution is -2.64. The van der Waals surface area contributed by atoms with Crippen molar-refractivity contribution in [2.75, 3.05) is 46.6 Å². The van der Waals surface area contributed by atoms with Gasteiger partial charge in [-0.25, -0.2) is 0 Å². The fourth-order valence-electron chi connectivity index (χ4n) is 2.76. The lowest BCUT2D eigenvalue weighted by atomic mass is 9.87. The molecule has 0 aromatic carbocycles. The summed E-state index contributed by atoms with van der Waals surface area (Å²) in [6.07, 6.45) is 2.39. The van der Waals surface area contributed by atoms with Gasteiger partial charge in [0.25, 0.3) is 0 Å².